The predicted molar refractivity (Wildman–Crippen MR) is 97.3 cm³/mol. The van der Waals surface area contributed by atoms with Gasteiger partial charge in [-0.2, -0.15) is 0 Å². The van der Waals surface area contributed by atoms with E-state index >= 15 is 0 Å². The molecule has 0 bridgehead atoms. The van der Waals surface area contributed by atoms with Crippen LogP contribution in [-0.2, 0) is 13.0 Å². The van der Waals surface area contributed by atoms with Crippen LogP contribution in [0.5, 0.6) is 11.5 Å². The molecule has 6 heteroatoms. The smallest absolute Gasteiger partial charge is 0.161 e. The van der Waals surface area contributed by atoms with E-state index in [2.05, 4.69) is 11.1 Å². The highest BCUT2D eigenvalue weighted by Crippen LogP contribution is 2.29. The number of para-hydroxylation sites is 2. The summed E-state index contributed by atoms with van der Waals surface area (Å²) in [6.07, 6.45) is 7.34. The van der Waals surface area contributed by atoms with Crippen LogP contribution in [0, 0.1) is 0 Å². The lowest BCUT2D eigenvalue weighted by Crippen LogP contribution is -2.23. The number of halogens is 1. The van der Waals surface area contributed by atoms with E-state index in [-0.39, 0.29) is 6.10 Å². The van der Waals surface area contributed by atoms with Crippen molar-refractivity contribution in [1.29, 1.82) is 0 Å². The second-order valence-corrected chi connectivity index (χ2v) is 7.19. The fourth-order valence-electron chi connectivity index (χ4n) is 2.50. The van der Waals surface area contributed by atoms with Gasteiger partial charge in [-0.25, -0.2) is 4.98 Å². The van der Waals surface area contributed by atoms with Gasteiger partial charge in [-0.15, -0.1) is 11.3 Å². The van der Waals surface area contributed by atoms with Crippen LogP contribution >= 0.6 is 22.9 Å². The monoisotopic (exact) mass is 362 g/mol. The van der Waals surface area contributed by atoms with Crippen LogP contribution < -0.4 is 9.47 Å². The van der Waals surface area contributed by atoms with Gasteiger partial charge in [0.1, 0.15) is 6.10 Å². The molecule has 1 unspecified atom stereocenters. The molecule has 4 nitrogen and oxygen atoms in total. The maximum absolute atomic E-state index is 6.24. The number of hydrogen-bond donors (Lipinski definition) is 0. The highest BCUT2D eigenvalue weighted by molar-refractivity contribution is 7.16. The molecular formula is C18H19ClN2O2S. The Balaban J connectivity index is 1.71. The van der Waals surface area contributed by atoms with Crippen molar-refractivity contribution in [3.05, 3.63) is 64.3 Å². The summed E-state index contributed by atoms with van der Waals surface area (Å²) in [7, 11) is 1.65. The van der Waals surface area contributed by atoms with Crippen molar-refractivity contribution in [2.75, 3.05) is 7.11 Å². The van der Waals surface area contributed by atoms with E-state index in [1.165, 1.54) is 4.88 Å². The summed E-state index contributed by atoms with van der Waals surface area (Å²) in [5, 5.41) is 0. The number of aromatic nitrogens is 2. The van der Waals surface area contributed by atoms with E-state index < -0.39 is 0 Å². The van der Waals surface area contributed by atoms with Gasteiger partial charge in [0.15, 0.2) is 11.5 Å². The van der Waals surface area contributed by atoms with Gasteiger partial charge in [0.05, 0.1) is 24.3 Å². The lowest BCUT2D eigenvalue weighted by atomic mass is 10.1. The van der Waals surface area contributed by atoms with E-state index in [4.69, 9.17) is 21.1 Å². The molecule has 3 rings (SSSR count). The number of rotatable bonds is 8. The molecule has 126 valence electrons. The van der Waals surface area contributed by atoms with Gasteiger partial charge >= 0.3 is 0 Å². The number of nitrogens with zero attached hydrogens (tertiary/aromatic N) is 2. The zero-order valence-corrected chi connectivity index (χ0v) is 15.0. The Bertz CT molecular complexity index is 758. The van der Waals surface area contributed by atoms with Crippen molar-refractivity contribution >= 4 is 22.9 Å². The Morgan fingerprint density at radius 2 is 2.04 bits per heavy atom. The Kier molecular flexibility index (Phi) is 5.77. The lowest BCUT2D eigenvalue weighted by Gasteiger charge is -2.21. The minimum absolute atomic E-state index is 0.0105. The maximum Gasteiger partial charge on any atom is 0.161 e. The number of ether oxygens (including phenoxy) is 2. The summed E-state index contributed by atoms with van der Waals surface area (Å²) >= 11 is 7.64. The van der Waals surface area contributed by atoms with Crippen molar-refractivity contribution in [3.8, 4) is 11.5 Å². The summed E-state index contributed by atoms with van der Waals surface area (Å²) < 4.78 is 14.5. The molecule has 1 aromatic carbocycles. The zero-order valence-electron chi connectivity index (χ0n) is 13.4. The van der Waals surface area contributed by atoms with Crippen molar-refractivity contribution < 1.29 is 9.47 Å². The number of thiophene rings is 1. The van der Waals surface area contributed by atoms with Crippen LogP contribution in [-0.4, -0.2) is 22.8 Å². The summed E-state index contributed by atoms with van der Waals surface area (Å²) in [6.45, 7) is 0.733. The third kappa shape index (κ3) is 4.52. The molecule has 0 aliphatic carbocycles. The van der Waals surface area contributed by atoms with E-state index in [0.717, 1.165) is 35.2 Å². The Morgan fingerprint density at radius 3 is 2.71 bits per heavy atom. The Labute approximate surface area is 150 Å². The molecule has 0 N–H and O–H groups in total. The average molecular weight is 363 g/mol. The van der Waals surface area contributed by atoms with Crippen LogP contribution in [0.3, 0.4) is 0 Å². The normalized spacial score (nSPS) is 12.1. The first kappa shape index (κ1) is 16.9. The fourth-order valence-corrected chi connectivity index (χ4v) is 3.61. The average Bonchev–Trinajstić information content (AvgIpc) is 3.25. The molecule has 1 atom stereocenters. The number of hydrogen-bond acceptors (Lipinski definition) is 4. The summed E-state index contributed by atoms with van der Waals surface area (Å²) in [6, 6.07) is 11.7. The van der Waals surface area contributed by atoms with Crippen LogP contribution in [0.1, 0.15) is 11.3 Å². The second kappa shape index (κ2) is 8.22. The number of methoxy groups -OCH3 is 1. The zero-order chi connectivity index (χ0) is 16.8. The lowest BCUT2D eigenvalue weighted by molar-refractivity contribution is 0.164. The van der Waals surface area contributed by atoms with Crippen LogP contribution in [0.4, 0.5) is 0 Å². The molecule has 0 aliphatic heterocycles. The first-order valence-corrected chi connectivity index (χ1v) is 8.93. The minimum Gasteiger partial charge on any atom is -0.493 e. The predicted octanol–water partition coefficient (Wildman–Crippen LogP) is 4.69. The highest BCUT2D eigenvalue weighted by Gasteiger charge is 2.15. The topological polar surface area (TPSA) is 36.3 Å². The number of benzene rings is 1. The number of aryl methyl sites for hydroxylation is 1. The summed E-state index contributed by atoms with van der Waals surface area (Å²) in [5.74, 6) is 1.50. The fraction of sp³-hybridized carbons (Fsp3) is 0.278. The highest BCUT2D eigenvalue weighted by atomic mass is 35.5. The Hall–Kier alpha value is -1.98. The molecule has 0 aliphatic rings. The molecule has 2 heterocycles. The van der Waals surface area contributed by atoms with Gasteiger partial charge in [0, 0.05) is 17.3 Å². The molecule has 0 radical (unpaired) electrons. The molecule has 3 aromatic rings. The number of imidazole rings is 1. The van der Waals surface area contributed by atoms with Crippen molar-refractivity contribution in [1.82, 2.24) is 9.55 Å². The van der Waals surface area contributed by atoms with Gasteiger partial charge in [-0.05, 0) is 37.1 Å². The first-order chi connectivity index (χ1) is 11.7. The third-order valence-corrected chi connectivity index (χ3v) is 4.97. The SMILES string of the molecule is COc1ccccc1OC(CCc1ccc(Cl)s1)Cn1ccnc1. The molecule has 0 saturated carbocycles. The van der Waals surface area contributed by atoms with Crippen molar-refractivity contribution in [2.24, 2.45) is 0 Å². The van der Waals surface area contributed by atoms with Gasteiger partial charge in [0.2, 0.25) is 0 Å². The van der Waals surface area contributed by atoms with Crippen LogP contribution in [0.25, 0.3) is 0 Å². The third-order valence-electron chi connectivity index (χ3n) is 3.68. The largest absolute Gasteiger partial charge is 0.493 e. The Morgan fingerprint density at radius 1 is 1.21 bits per heavy atom. The van der Waals surface area contributed by atoms with Crippen molar-refractivity contribution in [3.63, 3.8) is 0 Å². The molecule has 0 saturated heterocycles. The second-order valence-electron chi connectivity index (χ2n) is 5.39. The van der Waals surface area contributed by atoms with Gasteiger partial charge in [-0.1, -0.05) is 23.7 Å². The summed E-state index contributed by atoms with van der Waals surface area (Å²) in [4.78, 5) is 5.37. The molecule has 0 fully saturated rings. The minimum atomic E-state index is 0.0105. The van der Waals surface area contributed by atoms with Crippen molar-refractivity contribution in [2.45, 2.75) is 25.5 Å². The van der Waals surface area contributed by atoms with Crippen LogP contribution in [0.2, 0.25) is 4.34 Å². The van der Waals surface area contributed by atoms with E-state index in [1.807, 2.05) is 41.1 Å². The maximum atomic E-state index is 6.24. The van der Waals surface area contributed by atoms with E-state index in [9.17, 15) is 0 Å². The van der Waals surface area contributed by atoms with Gasteiger partial charge < -0.3 is 14.0 Å². The van der Waals surface area contributed by atoms with Crippen LogP contribution in [0.15, 0.2) is 55.1 Å². The van der Waals surface area contributed by atoms with E-state index in [0.29, 0.717) is 0 Å². The standard InChI is InChI=1S/C18H19ClN2O2S/c1-22-16-4-2-3-5-17(16)23-14(12-21-11-10-20-13-21)6-7-15-8-9-18(19)24-15/h2-5,8-11,13-14H,6-7,12H2,1H3. The van der Waals surface area contributed by atoms with Gasteiger partial charge in [0.25, 0.3) is 0 Å². The molecule has 24 heavy (non-hydrogen) atoms. The summed E-state index contributed by atoms with van der Waals surface area (Å²) in [5.41, 5.74) is 0. The van der Waals surface area contributed by atoms with Gasteiger partial charge in [-0.3, -0.25) is 0 Å². The molecule has 2 aromatic heterocycles. The van der Waals surface area contributed by atoms with E-state index in [1.54, 1.807) is 31.0 Å². The molecular weight excluding hydrogens is 344 g/mol. The molecule has 0 amide bonds. The first-order valence-electron chi connectivity index (χ1n) is 7.74. The molecule has 0 spiro atoms. The quantitative estimate of drug-likeness (QED) is 0.583.